The summed E-state index contributed by atoms with van der Waals surface area (Å²) in [6.07, 6.45) is 3.45. The van der Waals surface area contributed by atoms with Crippen LogP contribution in [0.3, 0.4) is 0 Å². The first-order valence-corrected chi connectivity index (χ1v) is 5.51. The van der Waals surface area contributed by atoms with E-state index in [0.29, 0.717) is 12.2 Å². The molecular weight excluding hydrogens is 218 g/mol. The molecule has 1 N–H and O–H groups in total. The minimum absolute atomic E-state index is 0.147. The SMILES string of the molecule is C=CCCCOc1nc(C)cc(C)c1C(=O)O. The Morgan fingerprint density at radius 2 is 2.29 bits per heavy atom. The van der Waals surface area contributed by atoms with Gasteiger partial charge >= 0.3 is 5.97 Å². The molecule has 4 heteroatoms. The van der Waals surface area contributed by atoms with Gasteiger partial charge in [0.1, 0.15) is 5.56 Å². The molecule has 1 aromatic heterocycles. The maximum absolute atomic E-state index is 11.1. The highest BCUT2D eigenvalue weighted by Crippen LogP contribution is 2.21. The summed E-state index contributed by atoms with van der Waals surface area (Å²) in [6.45, 7) is 7.62. The molecule has 1 rings (SSSR count). The zero-order valence-electron chi connectivity index (χ0n) is 10.2. The van der Waals surface area contributed by atoms with Crippen LogP contribution in [0.2, 0.25) is 0 Å². The Balaban J connectivity index is 2.88. The molecule has 0 bridgehead atoms. The maximum Gasteiger partial charge on any atom is 0.341 e. The molecule has 0 saturated heterocycles. The Kier molecular flexibility index (Phi) is 4.69. The van der Waals surface area contributed by atoms with Gasteiger partial charge in [0, 0.05) is 5.69 Å². The number of rotatable bonds is 6. The van der Waals surface area contributed by atoms with E-state index in [9.17, 15) is 4.79 Å². The van der Waals surface area contributed by atoms with Crippen LogP contribution in [0.5, 0.6) is 5.88 Å². The van der Waals surface area contributed by atoms with Gasteiger partial charge in [0.2, 0.25) is 5.88 Å². The molecule has 0 atom stereocenters. The molecular formula is C13H17NO3. The van der Waals surface area contributed by atoms with E-state index in [1.54, 1.807) is 19.1 Å². The van der Waals surface area contributed by atoms with E-state index in [0.717, 1.165) is 18.5 Å². The van der Waals surface area contributed by atoms with Crippen LogP contribution in [0.4, 0.5) is 0 Å². The number of nitrogens with zero attached hydrogens (tertiary/aromatic N) is 1. The largest absolute Gasteiger partial charge is 0.477 e. The van der Waals surface area contributed by atoms with Gasteiger partial charge in [-0.15, -0.1) is 6.58 Å². The highest BCUT2D eigenvalue weighted by atomic mass is 16.5. The molecule has 0 radical (unpaired) electrons. The highest BCUT2D eigenvalue weighted by molar-refractivity contribution is 5.91. The molecule has 92 valence electrons. The van der Waals surface area contributed by atoms with Crippen molar-refractivity contribution in [3.63, 3.8) is 0 Å². The summed E-state index contributed by atoms with van der Waals surface area (Å²) >= 11 is 0. The summed E-state index contributed by atoms with van der Waals surface area (Å²) in [5.74, 6) is -0.798. The van der Waals surface area contributed by atoms with Gasteiger partial charge in [-0.25, -0.2) is 9.78 Å². The van der Waals surface area contributed by atoms with Crippen molar-refractivity contribution in [2.45, 2.75) is 26.7 Å². The molecule has 0 unspecified atom stereocenters. The average molecular weight is 235 g/mol. The Labute approximate surface area is 101 Å². The monoisotopic (exact) mass is 235 g/mol. The minimum Gasteiger partial charge on any atom is -0.477 e. The second-order valence-corrected chi connectivity index (χ2v) is 3.85. The molecule has 0 aliphatic heterocycles. The number of carboxylic acids is 1. The molecule has 0 aliphatic carbocycles. The van der Waals surface area contributed by atoms with Gasteiger partial charge in [0.25, 0.3) is 0 Å². The summed E-state index contributed by atoms with van der Waals surface area (Å²) in [4.78, 5) is 15.2. The molecule has 1 aromatic rings. The third-order valence-electron chi connectivity index (χ3n) is 2.32. The fourth-order valence-corrected chi connectivity index (χ4v) is 1.56. The van der Waals surface area contributed by atoms with Gasteiger partial charge in [0.15, 0.2) is 0 Å². The van der Waals surface area contributed by atoms with E-state index in [-0.39, 0.29) is 11.4 Å². The van der Waals surface area contributed by atoms with Gasteiger partial charge < -0.3 is 9.84 Å². The third kappa shape index (κ3) is 3.59. The Morgan fingerprint density at radius 3 is 2.88 bits per heavy atom. The molecule has 0 aliphatic rings. The second-order valence-electron chi connectivity index (χ2n) is 3.85. The van der Waals surface area contributed by atoms with Gasteiger partial charge in [-0.2, -0.15) is 0 Å². The highest BCUT2D eigenvalue weighted by Gasteiger charge is 2.16. The van der Waals surface area contributed by atoms with E-state index < -0.39 is 5.97 Å². The van der Waals surface area contributed by atoms with E-state index in [1.165, 1.54) is 0 Å². The van der Waals surface area contributed by atoms with Crippen molar-refractivity contribution in [1.29, 1.82) is 0 Å². The Morgan fingerprint density at radius 1 is 1.59 bits per heavy atom. The van der Waals surface area contributed by atoms with Crippen LogP contribution < -0.4 is 4.74 Å². The normalized spacial score (nSPS) is 10.0. The zero-order valence-corrected chi connectivity index (χ0v) is 10.2. The number of carboxylic acid groups (broad SMARTS) is 1. The summed E-state index contributed by atoms with van der Waals surface area (Å²) in [7, 11) is 0. The van der Waals surface area contributed by atoms with Crippen molar-refractivity contribution in [2.24, 2.45) is 0 Å². The Hall–Kier alpha value is -1.84. The molecule has 4 nitrogen and oxygen atoms in total. The first-order chi connectivity index (χ1) is 8.06. The fraction of sp³-hybridized carbons (Fsp3) is 0.385. The summed E-state index contributed by atoms with van der Waals surface area (Å²) in [5, 5.41) is 9.10. The average Bonchev–Trinajstić information content (AvgIpc) is 2.22. The number of unbranched alkanes of at least 4 members (excludes halogenated alkanes) is 1. The summed E-state index contributed by atoms with van der Waals surface area (Å²) in [5.41, 5.74) is 1.57. The lowest BCUT2D eigenvalue weighted by Crippen LogP contribution is -2.09. The van der Waals surface area contributed by atoms with Crippen molar-refractivity contribution < 1.29 is 14.6 Å². The maximum atomic E-state index is 11.1. The third-order valence-corrected chi connectivity index (χ3v) is 2.32. The number of carbonyl (C=O) groups is 1. The fourth-order valence-electron chi connectivity index (χ4n) is 1.56. The van der Waals surface area contributed by atoms with Gasteiger partial charge in [-0.05, 0) is 38.3 Å². The first-order valence-electron chi connectivity index (χ1n) is 5.51. The summed E-state index contributed by atoms with van der Waals surface area (Å²) in [6, 6.07) is 1.74. The minimum atomic E-state index is -1.01. The number of aryl methyl sites for hydroxylation is 2. The topological polar surface area (TPSA) is 59.4 Å². The molecule has 0 saturated carbocycles. The molecule has 17 heavy (non-hydrogen) atoms. The van der Waals surface area contributed by atoms with Crippen molar-refractivity contribution in [3.8, 4) is 5.88 Å². The number of aromatic nitrogens is 1. The number of pyridine rings is 1. The standard InChI is InChI=1S/C13H17NO3/c1-4-5-6-7-17-12-11(13(15)16)9(2)8-10(3)14-12/h4,8H,1,5-7H2,2-3H3,(H,15,16). The van der Waals surface area contributed by atoms with E-state index in [1.807, 2.05) is 6.92 Å². The number of hydrogen-bond acceptors (Lipinski definition) is 3. The number of allylic oxidation sites excluding steroid dienone is 1. The van der Waals surface area contributed by atoms with Crippen molar-refractivity contribution in [2.75, 3.05) is 6.61 Å². The van der Waals surface area contributed by atoms with Crippen LogP contribution in [0.15, 0.2) is 18.7 Å². The molecule has 0 amide bonds. The predicted octanol–water partition coefficient (Wildman–Crippen LogP) is 2.74. The zero-order chi connectivity index (χ0) is 12.8. The van der Waals surface area contributed by atoms with Gasteiger partial charge in [0.05, 0.1) is 6.61 Å². The van der Waals surface area contributed by atoms with Crippen molar-refractivity contribution >= 4 is 5.97 Å². The molecule has 0 spiro atoms. The number of hydrogen-bond donors (Lipinski definition) is 1. The predicted molar refractivity (Wildman–Crippen MR) is 65.6 cm³/mol. The van der Waals surface area contributed by atoms with Crippen molar-refractivity contribution in [3.05, 3.63) is 35.5 Å². The van der Waals surface area contributed by atoms with Crippen LogP contribution in [0, 0.1) is 13.8 Å². The first kappa shape index (κ1) is 13.2. The second kappa shape index (κ2) is 6.03. The van der Waals surface area contributed by atoms with Crippen LogP contribution in [0.1, 0.15) is 34.5 Å². The summed E-state index contributed by atoms with van der Waals surface area (Å²) < 4.78 is 5.42. The number of ether oxygens (including phenoxy) is 1. The van der Waals surface area contributed by atoms with Crippen LogP contribution in [0.25, 0.3) is 0 Å². The van der Waals surface area contributed by atoms with Crippen LogP contribution in [-0.4, -0.2) is 22.7 Å². The number of aromatic carboxylic acids is 1. The van der Waals surface area contributed by atoms with E-state index >= 15 is 0 Å². The lowest BCUT2D eigenvalue weighted by molar-refractivity contribution is 0.0690. The van der Waals surface area contributed by atoms with Gasteiger partial charge in [-0.1, -0.05) is 6.08 Å². The van der Waals surface area contributed by atoms with Gasteiger partial charge in [-0.3, -0.25) is 0 Å². The lowest BCUT2D eigenvalue weighted by atomic mass is 10.1. The van der Waals surface area contributed by atoms with E-state index in [2.05, 4.69) is 11.6 Å². The van der Waals surface area contributed by atoms with Crippen LogP contribution >= 0.6 is 0 Å². The van der Waals surface area contributed by atoms with Crippen molar-refractivity contribution in [1.82, 2.24) is 4.98 Å². The smallest absolute Gasteiger partial charge is 0.341 e. The lowest BCUT2D eigenvalue weighted by Gasteiger charge is -2.10. The Bertz CT molecular complexity index is 427. The molecule has 0 fully saturated rings. The van der Waals surface area contributed by atoms with Crippen LogP contribution in [-0.2, 0) is 0 Å². The van der Waals surface area contributed by atoms with E-state index in [4.69, 9.17) is 9.84 Å². The molecule has 0 aromatic carbocycles. The molecule has 1 heterocycles. The quantitative estimate of drug-likeness (QED) is 0.608.